The van der Waals surface area contributed by atoms with E-state index in [1.54, 1.807) is 39.0 Å². The molecule has 1 heterocycles. The normalized spacial score (nSPS) is 14.4. The van der Waals surface area contributed by atoms with E-state index < -0.39 is 79.2 Å². The fourth-order valence-electron chi connectivity index (χ4n) is 7.88. The van der Waals surface area contributed by atoms with Crippen LogP contribution in [0.25, 0.3) is 0 Å². The summed E-state index contributed by atoms with van der Waals surface area (Å²) in [6.07, 6.45) is 3.57. The Hall–Kier alpha value is -7.69. The van der Waals surface area contributed by atoms with E-state index in [0.717, 1.165) is 17.5 Å². The first kappa shape index (κ1) is 63.6. The summed E-state index contributed by atoms with van der Waals surface area (Å²) in [4.78, 5) is 124. The number of carbonyl (C=O) groups is 10. The summed E-state index contributed by atoms with van der Waals surface area (Å²) < 4.78 is 0. The molecule has 7 amide bonds. The first-order valence-corrected chi connectivity index (χ1v) is 25.5. The zero-order chi connectivity index (χ0) is 56.5. The van der Waals surface area contributed by atoms with Crippen molar-refractivity contribution in [1.29, 1.82) is 0 Å². The predicted octanol–water partition coefficient (Wildman–Crippen LogP) is -0.984. The van der Waals surface area contributed by atoms with Crippen molar-refractivity contribution in [3.8, 4) is 0 Å². The highest BCUT2D eigenvalue weighted by molar-refractivity contribution is 7.80. The van der Waals surface area contributed by atoms with Gasteiger partial charge in [-0.25, -0.2) is 9.59 Å². The van der Waals surface area contributed by atoms with Crippen LogP contribution < -0.4 is 47.9 Å². The van der Waals surface area contributed by atoms with Gasteiger partial charge in [0, 0.05) is 77.2 Å². The number of carboxylic acid groups (broad SMARTS) is 5. The van der Waals surface area contributed by atoms with E-state index in [9.17, 15) is 68.4 Å². The zero-order valence-corrected chi connectivity index (χ0v) is 43.6. The van der Waals surface area contributed by atoms with Gasteiger partial charge in [-0.1, -0.05) is 36.4 Å². The Labute approximate surface area is 450 Å². The van der Waals surface area contributed by atoms with Gasteiger partial charge < -0.3 is 73.4 Å². The lowest BCUT2D eigenvalue weighted by Crippen LogP contribution is -2.50. The topological polar surface area (TPSA) is 390 Å². The highest BCUT2D eigenvalue weighted by Crippen LogP contribution is 2.17. The Morgan fingerprint density at radius 3 is 1.65 bits per heavy atom. The number of aliphatic carboxylic acids is 5. The molecule has 0 spiro atoms. The lowest BCUT2D eigenvalue weighted by molar-refractivity contribution is -0.141. The molecule has 2 aromatic rings. The van der Waals surface area contributed by atoms with Gasteiger partial charge in [0.2, 0.25) is 17.7 Å². The van der Waals surface area contributed by atoms with Gasteiger partial charge >= 0.3 is 41.9 Å². The van der Waals surface area contributed by atoms with Gasteiger partial charge in [-0.2, -0.15) is 0 Å². The van der Waals surface area contributed by atoms with Crippen LogP contribution in [0.4, 0.5) is 15.3 Å². The van der Waals surface area contributed by atoms with Gasteiger partial charge in [0.05, 0.1) is 39.0 Å². The van der Waals surface area contributed by atoms with Crippen LogP contribution in [-0.2, 0) is 57.7 Å². The molecule has 27 nitrogen and oxygen atoms in total. The van der Waals surface area contributed by atoms with Crippen molar-refractivity contribution in [3.63, 3.8) is 0 Å². The Morgan fingerprint density at radius 1 is 0.519 bits per heavy atom. The van der Waals surface area contributed by atoms with Gasteiger partial charge in [0.25, 0.3) is 0 Å². The van der Waals surface area contributed by atoms with Gasteiger partial charge in [0.15, 0.2) is 5.11 Å². The average Bonchev–Trinajstić information content (AvgIpc) is 3.42. The number of urea groups is 2. The number of amides is 7. The van der Waals surface area contributed by atoms with Crippen molar-refractivity contribution >= 4 is 82.6 Å². The number of anilines is 1. The third-order valence-electron chi connectivity index (χ3n) is 11.7. The number of hydrogen-bond donors (Lipinski definition) is 14. The van der Waals surface area contributed by atoms with E-state index in [1.807, 2.05) is 24.3 Å². The molecule has 14 N–H and O–H groups in total. The lowest BCUT2D eigenvalue weighted by Gasteiger charge is -2.33. The lowest BCUT2D eigenvalue weighted by atomic mass is 10.0. The molecule has 0 saturated carbocycles. The van der Waals surface area contributed by atoms with Crippen LogP contribution in [0, 0.1) is 0 Å². The average molecular weight is 1100 g/mol. The standard InChI is InChI=1S/C49H72N12O15S/c62-39(24-34-7-9-35(10-8-34)26-55-47(75)51-16-4-2-5-17-52-48(76)56-28-42(66)67)58-38(25-41(64)65)46(74)54-27-40(63)50-15-3-1-6-18-53-49(77)57-36-13-11-33(12-14-36)23-37-29-60(31-44(70)71)20-19-59(30-43(68)69)21-22-61(37)32-45(72)73/h7-14,37-38H,1-6,15-32H2,(H,50,63)(H,54,74)(H,58,62)(H,64,65)(H,66,67)(H,68,69)(H,70,71)(H,72,73)(H2,51,55,75)(H2,52,56,76)(H2,53,57,77). The smallest absolute Gasteiger partial charge is 0.323 e. The van der Waals surface area contributed by atoms with Gasteiger partial charge in [-0.15, -0.1) is 0 Å². The van der Waals surface area contributed by atoms with Gasteiger partial charge in [0.1, 0.15) is 12.6 Å². The van der Waals surface area contributed by atoms with E-state index in [2.05, 4.69) is 47.9 Å². The van der Waals surface area contributed by atoms with Crippen LogP contribution in [-0.4, -0.2) is 209 Å². The van der Waals surface area contributed by atoms with Crippen molar-refractivity contribution in [1.82, 2.24) is 57.2 Å². The highest BCUT2D eigenvalue weighted by atomic mass is 32.1. The molecule has 1 fully saturated rings. The number of rotatable bonds is 33. The molecular weight excluding hydrogens is 1030 g/mol. The summed E-state index contributed by atoms with van der Waals surface area (Å²) in [6.45, 7) is 1.54. The second kappa shape index (κ2) is 35.5. The summed E-state index contributed by atoms with van der Waals surface area (Å²) in [5.41, 5.74) is 2.88. The van der Waals surface area contributed by atoms with Crippen molar-refractivity contribution in [3.05, 3.63) is 65.2 Å². The Balaban J connectivity index is 1.31. The number of hydrogen-bond acceptors (Lipinski definition) is 14. The third-order valence-corrected chi connectivity index (χ3v) is 12.0. The molecule has 1 aliphatic heterocycles. The second-order valence-corrected chi connectivity index (χ2v) is 18.5. The second-order valence-electron chi connectivity index (χ2n) is 18.1. The molecule has 1 aliphatic rings. The van der Waals surface area contributed by atoms with Crippen molar-refractivity contribution < 1.29 is 73.5 Å². The maximum atomic E-state index is 12.9. The Kier molecular flexibility index (Phi) is 29.4. The number of carboxylic acids is 5. The fraction of sp³-hybridized carbons (Fsp3) is 0.531. The largest absolute Gasteiger partial charge is 0.481 e. The van der Waals surface area contributed by atoms with Crippen LogP contribution in [0.15, 0.2) is 48.5 Å². The molecule has 2 atom stereocenters. The highest BCUT2D eigenvalue weighted by Gasteiger charge is 2.28. The van der Waals surface area contributed by atoms with E-state index >= 15 is 0 Å². The van der Waals surface area contributed by atoms with E-state index in [1.165, 1.54) is 0 Å². The predicted molar refractivity (Wildman–Crippen MR) is 283 cm³/mol. The van der Waals surface area contributed by atoms with E-state index in [0.29, 0.717) is 101 Å². The summed E-state index contributed by atoms with van der Waals surface area (Å²) in [5.74, 6) is -7.57. The van der Waals surface area contributed by atoms with E-state index in [4.69, 9.17) is 17.3 Å². The van der Waals surface area contributed by atoms with Crippen LogP contribution in [0.2, 0.25) is 0 Å². The molecule has 3 rings (SSSR count). The number of benzene rings is 2. The quantitative estimate of drug-likeness (QED) is 0.0302. The van der Waals surface area contributed by atoms with Crippen molar-refractivity contribution in [2.45, 2.75) is 76.4 Å². The first-order valence-electron chi connectivity index (χ1n) is 25.1. The van der Waals surface area contributed by atoms with E-state index in [-0.39, 0.29) is 57.8 Å². The minimum atomic E-state index is -1.44. The van der Waals surface area contributed by atoms with Crippen molar-refractivity contribution in [2.75, 3.05) is 96.9 Å². The Morgan fingerprint density at radius 2 is 1.05 bits per heavy atom. The minimum absolute atomic E-state index is 0.173. The summed E-state index contributed by atoms with van der Waals surface area (Å²) >= 11 is 5.45. The third kappa shape index (κ3) is 29.3. The Bertz CT molecular complexity index is 2290. The molecule has 0 bridgehead atoms. The summed E-state index contributed by atoms with van der Waals surface area (Å²) in [7, 11) is 0. The van der Waals surface area contributed by atoms with Crippen LogP contribution in [0.1, 0.15) is 61.6 Å². The molecule has 2 aromatic carbocycles. The minimum Gasteiger partial charge on any atom is -0.481 e. The number of carbonyl (C=O) groups excluding carboxylic acids is 5. The molecule has 0 aromatic heterocycles. The summed E-state index contributed by atoms with van der Waals surface area (Å²) in [5, 5.41) is 70.8. The molecular formula is C49H72N12O15S. The maximum absolute atomic E-state index is 12.9. The molecule has 0 aliphatic carbocycles. The van der Waals surface area contributed by atoms with Crippen LogP contribution >= 0.6 is 12.2 Å². The number of thiocarbonyl (C=S) groups is 1. The zero-order valence-electron chi connectivity index (χ0n) is 42.8. The monoisotopic (exact) mass is 1100 g/mol. The molecule has 28 heteroatoms. The van der Waals surface area contributed by atoms with Crippen LogP contribution in [0.5, 0.6) is 0 Å². The van der Waals surface area contributed by atoms with Crippen molar-refractivity contribution in [2.24, 2.45) is 0 Å². The van der Waals surface area contributed by atoms with Crippen LogP contribution in [0.3, 0.4) is 0 Å². The number of nitrogens with zero attached hydrogens (tertiary/aromatic N) is 3. The first-order chi connectivity index (χ1) is 36.7. The van der Waals surface area contributed by atoms with Gasteiger partial charge in [-0.3, -0.25) is 53.1 Å². The fourth-order valence-corrected chi connectivity index (χ4v) is 8.10. The molecule has 424 valence electrons. The molecule has 1 saturated heterocycles. The molecule has 77 heavy (non-hydrogen) atoms. The number of unbranched alkanes of at least 4 members (excludes halogenated alkanes) is 4. The summed E-state index contributed by atoms with van der Waals surface area (Å²) in [6, 6.07) is 11.3. The van der Waals surface area contributed by atoms with Gasteiger partial charge in [-0.05, 0) is 86.0 Å². The maximum Gasteiger partial charge on any atom is 0.323 e. The molecule has 2 unspecified atom stereocenters. The molecule has 0 radical (unpaired) electrons. The number of nitrogens with one attached hydrogen (secondary N) is 9. The SMILES string of the molecule is O=C(O)CNC(=O)NCCCCCNC(=O)NCc1ccc(CC(=O)NC(CC(=O)O)C(=O)NCC(=O)NCCCCCNC(=S)Nc2ccc(CC3CN(CC(=O)O)CCN(CC(=O)O)CCN3CC(=O)O)cc2)cc1.